The molecule has 1 aliphatic heterocycles. The van der Waals surface area contributed by atoms with Crippen molar-refractivity contribution in [3.8, 4) is 0 Å². The molecule has 0 radical (unpaired) electrons. The molecular formula is C13H24N2O5. The van der Waals surface area contributed by atoms with Gasteiger partial charge in [0.25, 0.3) is 0 Å². The molecule has 1 aliphatic rings. The van der Waals surface area contributed by atoms with Crippen molar-refractivity contribution in [3.63, 3.8) is 0 Å². The summed E-state index contributed by atoms with van der Waals surface area (Å²) in [5, 5.41) is 17.6. The Balaban J connectivity index is 2.49. The molecule has 2 amide bonds. The molecule has 0 saturated carbocycles. The quantitative estimate of drug-likeness (QED) is 0.737. The van der Waals surface area contributed by atoms with Gasteiger partial charge in [-0.2, -0.15) is 0 Å². The second-order valence-corrected chi connectivity index (χ2v) is 5.18. The summed E-state index contributed by atoms with van der Waals surface area (Å²) in [4.78, 5) is 26.1. The van der Waals surface area contributed by atoms with Gasteiger partial charge in [-0.15, -0.1) is 0 Å². The van der Waals surface area contributed by atoms with Crippen LogP contribution in [0.25, 0.3) is 0 Å². The molecule has 0 aromatic heterocycles. The van der Waals surface area contributed by atoms with E-state index in [1.807, 2.05) is 0 Å². The molecule has 1 rings (SSSR count). The average molecular weight is 288 g/mol. The molecule has 1 saturated heterocycles. The van der Waals surface area contributed by atoms with Gasteiger partial charge in [-0.25, -0.2) is 4.79 Å². The van der Waals surface area contributed by atoms with Gasteiger partial charge in [0, 0.05) is 19.1 Å². The van der Waals surface area contributed by atoms with Crippen LogP contribution in [-0.2, 0) is 9.53 Å². The van der Waals surface area contributed by atoms with Crippen molar-refractivity contribution in [1.29, 1.82) is 0 Å². The Bertz CT molecular complexity index is 327. The van der Waals surface area contributed by atoms with E-state index in [1.54, 1.807) is 18.7 Å². The zero-order valence-electron chi connectivity index (χ0n) is 12.1. The SMILES string of the molecule is CC(C)N(CC(=O)O)C(=O)N1CCC(OCCO)CC1. The summed E-state index contributed by atoms with van der Waals surface area (Å²) < 4.78 is 5.44. The number of urea groups is 1. The van der Waals surface area contributed by atoms with Crippen LogP contribution >= 0.6 is 0 Å². The van der Waals surface area contributed by atoms with Gasteiger partial charge in [0.15, 0.2) is 0 Å². The minimum Gasteiger partial charge on any atom is -0.480 e. The molecule has 0 atom stereocenters. The number of nitrogens with zero attached hydrogens (tertiary/aromatic N) is 2. The van der Waals surface area contributed by atoms with Crippen molar-refractivity contribution < 1.29 is 24.5 Å². The molecule has 0 aliphatic carbocycles. The van der Waals surface area contributed by atoms with E-state index in [4.69, 9.17) is 14.9 Å². The third-order valence-electron chi connectivity index (χ3n) is 3.33. The summed E-state index contributed by atoms with van der Waals surface area (Å²) in [6.07, 6.45) is 1.49. The van der Waals surface area contributed by atoms with Crippen LogP contribution in [0.4, 0.5) is 4.79 Å². The number of hydrogen-bond donors (Lipinski definition) is 2. The summed E-state index contributed by atoms with van der Waals surface area (Å²) >= 11 is 0. The highest BCUT2D eigenvalue weighted by Gasteiger charge is 2.28. The minimum absolute atomic E-state index is 0.00111. The number of rotatable bonds is 6. The number of amides is 2. The number of aliphatic hydroxyl groups is 1. The summed E-state index contributed by atoms with van der Waals surface area (Å²) in [5.74, 6) is -1.01. The van der Waals surface area contributed by atoms with Gasteiger partial charge >= 0.3 is 12.0 Å². The van der Waals surface area contributed by atoms with Crippen molar-refractivity contribution in [3.05, 3.63) is 0 Å². The van der Waals surface area contributed by atoms with Crippen LogP contribution in [0.15, 0.2) is 0 Å². The van der Waals surface area contributed by atoms with Crippen LogP contribution in [0, 0.1) is 0 Å². The van der Waals surface area contributed by atoms with Crippen molar-refractivity contribution in [2.75, 3.05) is 32.8 Å². The number of aliphatic carboxylic acids is 1. The number of carbonyl (C=O) groups excluding carboxylic acids is 1. The van der Waals surface area contributed by atoms with Gasteiger partial charge in [-0.05, 0) is 26.7 Å². The topological polar surface area (TPSA) is 90.3 Å². The first kappa shape index (κ1) is 16.7. The number of aliphatic hydroxyl groups excluding tert-OH is 1. The molecule has 0 unspecified atom stereocenters. The Labute approximate surface area is 119 Å². The number of likely N-dealkylation sites (tertiary alicyclic amines) is 1. The van der Waals surface area contributed by atoms with E-state index in [-0.39, 0.29) is 31.3 Å². The van der Waals surface area contributed by atoms with Crippen molar-refractivity contribution >= 4 is 12.0 Å². The third-order valence-corrected chi connectivity index (χ3v) is 3.33. The summed E-state index contributed by atoms with van der Waals surface area (Å²) in [6, 6.07) is -0.384. The molecule has 2 N–H and O–H groups in total. The van der Waals surface area contributed by atoms with Gasteiger partial charge < -0.3 is 24.7 Å². The fraction of sp³-hybridized carbons (Fsp3) is 0.846. The maximum atomic E-state index is 12.3. The molecule has 0 aromatic carbocycles. The molecule has 1 heterocycles. The Morgan fingerprint density at radius 2 is 1.95 bits per heavy atom. The predicted octanol–water partition coefficient (Wildman–Crippen LogP) is 0.375. The number of carbonyl (C=O) groups is 2. The summed E-state index contributed by atoms with van der Waals surface area (Å²) in [5.41, 5.74) is 0. The largest absolute Gasteiger partial charge is 0.480 e. The molecule has 7 nitrogen and oxygen atoms in total. The van der Waals surface area contributed by atoms with E-state index >= 15 is 0 Å². The van der Waals surface area contributed by atoms with E-state index in [2.05, 4.69) is 0 Å². The van der Waals surface area contributed by atoms with Gasteiger partial charge in [0.2, 0.25) is 0 Å². The van der Waals surface area contributed by atoms with Crippen LogP contribution < -0.4 is 0 Å². The van der Waals surface area contributed by atoms with E-state index in [0.717, 1.165) is 0 Å². The zero-order chi connectivity index (χ0) is 15.1. The summed E-state index contributed by atoms with van der Waals surface area (Å²) in [6.45, 7) is 4.75. The average Bonchev–Trinajstić information content (AvgIpc) is 2.42. The number of carboxylic acids is 1. The maximum absolute atomic E-state index is 12.3. The molecule has 0 aromatic rings. The molecule has 0 spiro atoms. The van der Waals surface area contributed by atoms with Crippen LogP contribution in [0.5, 0.6) is 0 Å². The highest BCUT2D eigenvalue weighted by Crippen LogP contribution is 2.16. The van der Waals surface area contributed by atoms with E-state index in [0.29, 0.717) is 32.5 Å². The Morgan fingerprint density at radius 1 is 1.35 bits per heavy atom. The summed E-state index contributed by atoms with van der Waals surface area (Å²) in [7, 11) is 0. The zero-order valence-corrected chi connectivity index (χ0v) is 12.1. The van der Waals surface area contributed by atoms with Gasteiger partial charge in [-0.1, -0.05) is 0 Å². The molecule has 1 fully saturated rings. The molecular weight excluding hydrogens is 264 g/mol. The molecule has 116 valence electrons. The first-order valence-electron chi connectivity index (χ1n) is 6.95. The first-order chi connectivity index (χ1) is 9.45. The first-order valence-corrected chi connectivity index (χ1v) is 6.95. The molecule has 20 heavy (non-hydrogen) atoms. The van der Waals surface area contributed by atoms with Gasteiger partial charge in [-0.3, -0.25) is 4.79 Å². The van der Waals surface area contributed by atoms with Crippen molar-refractivity contribution in [2.24, 2.45) is 0 Å². The lowest BCUT2D eigenvalue weighted by Gasteiger charge is -2.36. The third kappa shape index (κ3) is 4.97. The second kappa shape index (κ2) is 8.06. The Hall–Kier alpha value is -1.34. The Kier molecular flexibility index (Phi) is 6.74. The van der Waals surface area contributed by atoms with E-state index in [9.17, 15) is 9.59 Å². The van der Waals surface area contributed by atoms with Crippen LogP contribution in [-0.4, -0.2) is 77.0 Å². The second-order valence-electron chi connectivity index (χ2n) is 5.18. The van der Waals surface area contributed by atoms with Crippen LogP contribution in [0.3, 0.4) is 0 Å². The lowest BCUT2D eigenvalue weighted by atomic mass is 10.1. The number of piperidine rings is 1. The fourth-order valence-corrected chi connectivity index (χ4v) is 2.23. The Morgan fingerprint density at radius 3 is 2.40 bits per heavy atom. The van der Waals surface area contributed by atoms with Crippen LogP contribution in [0.1, 0.15) is 26.7 Å². The number of hydrogen-bond acceptors (Lipinski definition) is 4. The highest BCUT2D eigenvalue weighted by molar-refractivity contribution is 5.80. The minimum atomic E-state index is -1.01. The fourth-order valence-electron chi connectivity index (χ4n) is 2.23. The predicted molar refractivity (Wildman–Crippen MR) is 72.5 cm³/mol. The molecule has 0 bridgehead atoms. The van der Waals surface area contributed by atoms with Crippen molar-refractivity contribution in [1.82, 2.24) is 9.80 Å². The number of carboxylic acid groups (broad SMARTS) is 1. The van der Waals surface area contributed by atoms with Gasteiger partial charge in [0.1, 0.15) is 6.54 Å². The van der Waals surface area contributed by atoms with Crippen LogP contribution in [0.2, 0.25) is 0 Å². The monoisotopic (exact) mass is 288 g/mol. The van der Waals surface area contributed by atoms with Crippen molar-refractivity contribution in [2.45, 2.75) is 38.8 Å². The van der Waals surface area contributed by atoms with E-state index < -0.39 is 5.97 Å². The van der Waals surface area contributed by atoms with E-state index in [1.165, 1.54) is 4.90 Å². The normalized spacial score (nSPS) is 16.5. The highest BCUT2D eigenvalue weighted by atomic mass is 16.5. The van der Waals surface area contributed by atoms with Gasteiger partial charge in [0.05, 0.1) is 19.3 Å². The maximum Gasteiger partial charge on any atom is 0.323 e. The standard InChI is InChI=1S/C13H24N2O5/c1-10(2)15(9-12(17)18)13(19)14-5-3-11(4-6-14)20-8-7-16/h10-11,16H,3-9H2,1-2H3,(H,17,18). The lowest BCUT2D eigenvalue weighted by Crippen LogP contribution is -2.51. The lowest BCUT2D eigenvalue weighted by molar-refractivity contribution is -0.138. The number of ether oxygens (including phenoxy) is 1. The smallest absolute Gasteiger partial charge is 0.323 e. The molecule has 7 heteroatoms.